The molecule has 0 fully saturated rings. The Morgan fingerprint density at radius 1 is 0.721 bits per heavy atom. The van der Waals surface area contributed by atoms with Crippen LogP contribution < -0.4 is 24.8 Å². The van der Waals surface area contributed by atoms with E-state index < -0.39 is 17.6 Å². The van der Waals surface area contributed by atoms with Crippen LogP contribution in [0.5, 0.6) is 17.2 Å². The van der Waals surface area contributed by atoms with Crippen molar-refractivity contribution in [1.29, 1.82) is 0 Å². The average Bonchev–Trinajstić information content (AvgIpc) is 3.04. The van der Waals surface area contributed by atoms with Gasteiger partial charge in [-0.2, -0.15) is 0 Å². The number of halogens is 1. The molecule has 0 radical (unpaired) electrons. The topological polar surface area (TPSA) is 103 Å². The minimum Gasteiger partial charge on any atom is -0.493 e. The van der Waals surface area contributed by atoms with E-state index in [0.29, 0.717) is 45.2 Å². The molecule has 0 spiro atoms. The van der Waals surface area contributed by atoms with Crippen LogP contribution in [0.4, 0.5) is 10.1 Å². The van der Waals surface area contributed by atoms with Crippen LogP contribution in [0.25, 0.3) is 12.2 Å². The van der Waals surface area contributed by atoms with E-state index >= 15 is 0 Å². The molecule has 2 amide bonds. The first-order valence-electron chi connectivity index (χ1n) is 13.1. The molecule has 0 bridgehead atoms. The number of nitrogens with one attached hydrogen (secondary N) is 2. The van der Waals surface area contributed by atoms with Crippen molar-refractivity contribution in [2.75, 3.05) is 26.6 Å². The predicted molar refractivity (Wildman–Crippen MR) is 163 cm³/mol. The van der Waals surface area contributed by atoms with Gasteiger partial charge in [0.2, 0.25) is 5.75 Å². The molecular formula is C34H29FN2O6. The Morgan fingerprint density at radius 3 is 1.93 bits per heavy atom. The highest BCUT2D eigenvalue weighted by Gasteiger charge is 2.16. The zero-order valence-corrected chi connectivity index (χ0v) is 23.7. The summed E-state index contributed by atoms with van der Waals surface area (Å²) in [4.78, 5) is 38.8. The van der Waals surface area contributed by atoms with Crippen LogP contribution in [0.15, 0.2) is 103 Å². The summed E-state index contributed by atoms with van der Waals surface area (Å²) in [6, 6.07) is 23.7. The van der Waals surface area contributed by atoms with Crippen molar-refractivity contribution in [2.24, 2.45) is 0 Å². The van der Waals surface area contributed by atoms with E-state index in [1.54, 1.807) is 72.8 Å². The molecule has 8 nitrogen and oxygen atoms in total. The van der Waals surface area contributed by atoms with Gasteiger partial charge in [0.1, 0.15) is 11.5 Å². The van der Waals surface area contributed by atoms with E-state index in [-0.39, 0.29) is 11.5 Å². The Bertz CT molecular complexity index is 1640. The molecule has 9 heteroatoms. The predicted octanol–water partition coefficient (Wildman–Crippen LogP) is 6.16. The van der Waals surface area contributed by atoms with Crippen LogP contribution in [0.1, 0.15) is 31.8 Å². The third-order valence-corrected chi connectivity index (χ3v) is 6.25. The number of carbonyl (C=O) groups is 3. The average molecular weight is 581 g/mol. The summed E-state index contributed by atoms with van der Waals surface area (Å²) in [6.45, 7) is 0. The molecule has 0 heterocycles. The molecule has 0 aliphatic rings. The number of amides is 2. The van der Waals surface area contributed by atoms with Gasteiger partial charge in [-0.25, -0.2) is 4.39 Å². The summed E-state index contributed by atoms with van der Waals surface area (Å²) >= 11 is 0. The Kier molecular flexibility index (Phi) is 10.0. The quantitative estimate of drug-likeness (QED) is 0.163. The molecule has 0 aromatic heterocycles. The molecule has 0 saturated heterocycles. The maximum Gasteiger partial charge on any atom is 0.272 e. The fourth-order valence-electron chi connectivity index (χ4n) is 4.05. The minimum absolute atomic E-state index is 0.0473. The van der Waals surface area contributed by atoms with Crippen molar-refractivity contribution in [3.05, 3.63) is 131 Å². The van der Waals surface area contributed by atoms with Crippen LogP contribution in [-0.2, 0) is 4.79 Å². The summed E-state index contributed by atoms with van der Waals surface area (Å²) < 4.78 is 29.4. The van der Waals surface area contributed by atoms with E-state index in [2.05, 4.69) is 10.6 Å². The van der Waals surface area contributed by atoms with E-state index in [9.17, 15) is 18.8 Å². The lowest BCUT2D eigenvalue weighted by Gasteiger charge is -2.12. The van der Waals surface area contributed by atoms with E-state index in [0.717, 1.165) is 0 Å². The normalized spacial score (nSPS) is 11.1. The van der Waals surface area contributed by atoms with Crippen LogP contribution >= 0.6 is 0 Å². The molecule has 4 rings (SSSR count). The molecule has 0 aliphatic carbocycles. The van der Waals surface area contributed by atoms with Gasteiger partial charge in [-0.15, -0.1) is 0 Å². The number of ether oxygens (including phenoxy) is 3. The fourth-order valence-corrected chi connectivity index (χ4v) is 4.05. The summed E-state index contributed by atoms with van der Waals surface area (Å²) in [5.41, 5.74) is 2.29. The van der Waals surface area contributed by atoms with E-state index in [4.69, 9.17) is 14.2 Å². The van der Waals surface area contributed by atoms with Gasteiger partial charge in [-0.05, 0) is 83.9 Å². The molecule has 0 unspecified atom stereocenters. The second-order valence-electron chi connectivity index (χ2n) is 9.12. The smallest absolute Gasteiger partial charge is 0.272 e. The maximum absolute atomic E-state index is 13.4. The zero-order chi connectivity index (χ0) is 30.8. The number of hydrogen-bond donors (Lipinski definition) is 2. The summed E-state index contributed by atoms with van der Waals surface area (Å²) in [6.07, 6.45) is 4.49. The van der Waals surface area contributed by atoms with Crippen molar-refractivity contribution < 1.29 is 33.0 Å². The number of allylic oxidation sites excluding steroid dienone is 1. The Balaban J connectivity index is 1.49. The van der Waals surface area contributed by atoms with Crippen molar-refractivity contribution >= 4 is 35.4 Å². The van der Waals surface area contributed by atoms with E-state index in [1.165, 1.54) is 57.7 Å². The number of benzene rings is 4. The van der Waals surface area contributed by atoms with Gasteiger partial charge in [-0.1, -0.05) is 36.4 Å². The van der Waals surface area contributed by atoms with Crippen LogP contribution in [-0.4, -0.2) is 38.9 Å². The second kappa shape index (κ2) is 14.3. The van der Waals surface area contributed by atoms with Gasteiger partial charge in [0, 0.05) is 16.8 Å². The van der Waals surface area contributed by atoms with Crippen LogP contribution in [0.3, 0.4) is 0 Å². The van der Waals surface area contributed by atoms with Gasteiger partial charge >= 0.3 is 0 Å². The molecule has 0 saturated carbocycles. The number of carbonyl (C=O) groups excluding carboxylic acids is 3. The molecule has 43 heavy (non-hydrogen) atoms. The van der Waals surface area contributed by atoms with E-state index in [1.807, 2.05) is 0 Å². The van der Waals surface area contributed by atoms with Crippen molar-refractivity contribution in [3.8, 4) is 17.2 Å². The lowest BCUT2D eigenvalue weighted by Crippen LogP contribution is -2.30. The van der Waals surface area contributed by atoms with Gasteiger partial charge in [-0.3, -0.25) is 14.4 Å². The number of rotatable bonds is 11. The van der Waals surface area contributed by atoms with Gasteiger partial charge < -0.3 is 24.8 Å². The molecule has 4 aromatic rings. The Morgan fingerprint density at radius 2 is 1.35 bits per heavy atom. The standard InChI is InChI=1S/C34H29FN2O6/c1-41-30-20-23(21-31(42-2)32(30)43-3)11-18-29(38)24-12-16-27(17-13-24)36-34(40)28(19-22-9-14-26(35)15-10-22)37-33(39)25-7-5-4-6-8-25/h4-21H,1-3H3,(H,36,40)(H,37,39)/b18-11+,28-19-. The first-order chi connectivity index (χ1) is 20.8. The van der Waals surface area contributed by atoms with Crippen LogP contribution in [0, 0.1) is 5.82 Å². The Hall–Kier alpha value is -5.70. The molecular weight excluding hydrogens is 551 g/mol. The summed E-state index contributed by atoms with van der Waals surface area (Å²) in [5.74, 6) is -0.410. The Labute approximate surface area is 248 Å². The molecule has 4 aromatic carbocycles. The highest BCUT2D eigenvalue weighted by molar-refractivity contribution is 6.11. The number of ketones is 1. The summed E-state index contributed by atoms with van der Waals surface area (Å²) in [5, 5.41) is 5.35. The zero-order valence-electron chi connectivity index (χ0n) is 23.7. The number of anilines is 1. The SMILES string of the molecule is COc1cc(/C=C/C(=O)c2ccc(NC(=O)/C(=C/c3ccc(F)cc3)NC(=O)c3ccccc3)cc2)cc(OC)c1OC. The maximum atomic E-state index is 13.4. The largest absolute Gasteiger partial charge is 0.493 e. The van der Waals surface area contributed by atoms with Crippen molar-refractivity contribution in [1.82, 2.24) is 5.32 Å². The third-order valence-electron chi connectivity index (χ3n) is 6.25. The monoisotopic (exact) mass is 580 g/mol. The fraction of sp³-hybridized carbons (Fsp3) is 0.0882. The first-order valence-corrected chi connectivity index (χ1v) is 13.1. The first kappa shape index (κ1) is 30.3. The van der Waals surface area contributed by atoms with Crippen molar-refractivity contribution in [2.45, 2.75) is 0 Å². The lowest BCUT2D eigenvalue weighted by molar-refractivity contribution is -0.113. The lowest BCUT2D eigenvalue weighted by atomic mass is 10.1. The summed E-state index contributed by atoms with van der Waals surface area (Å²) in [7, 11) is 4.53. The van der Waals surface area contributed by atoms with Gasteiger partial charge in [0.05, 0.1) is 21.3 Å². The number of methoxy groups -OCH3 is 3. The molecule has 2 N–H and O–H groups in total. The third kappa shape index (κ3) is 7.95. The molecule has 0 atom stereocenters. The van der Waals surface area contributed by atoms with Crippen LogP contribution in [0.2, 0.25) is 0 Å². The molecule has 218 valence electrons. The number of hydrogen-bond acceptors (Lipinski definition) is 6. The second-order valence-corrected chi connectivity index (χ2v) is 9.12. The van der Waals surface area contributed by atoms with Gasteiger partial charge in [0.15, 0.2) is 17.3 Å². The van der Waals surface area contributed by atoms with Crippen molar-refractivity contribution in [3.63, 3.8) is 0 Å². The minimum atomic E-state index is -0.602. The van der Waals surface area contributed by atoms with Gasteiger partial charge in [0.25, 0.3) is 11.8 Å². The highest BCUT2D eigenvalue weighted by atomic mass is 19.1. The highest BCUT2D eigenvalue weighted by Crippen LogP contribution is 2.38. The molecule has 0 aliphatic heterocycles.